The molecule has 2 N–H and O–H groups in total. The van der Waals surface area contributed by atoms with E-state index < -0.39 is 0 Å². The highest BCUT2D eigenvalue weighted by Crippen LogP contribution is 2.32. The number of methoxy groups -OCH3 is 1. The highest BCUT2D eigenvalue weighted by molar-refractivity contribution is 5.95. The molecular weight excluding hydrogens is 292 g/mol. The molecule has 1 aromatic carbocycles. The number of hydrogen-bond donors (Lipinski definition) is 2. The number of carbonyl (C=O) groups excluding carboxylic acids is 2. The van der Waals surface area contributed by atoms with Crippen LogP contribution in [-0.4, -0.2) is 31.1 Å². The van der Waals surface area contributed by atoms with Gasteiger partial charge in [-0.05, 0) is 56.2 Å². The molecule has 0 saturated carbocycles. The third-order valence-corrected chi connectivity index (χ3v) is 4.97. The maximum absolute atomic E-state index is 12.3. The van der Waals surface area contributed by atoms with Gasteiger partial charge < -0.3 is 15.4 Å². The van der Waals surface area contributed by atoms with Crippen LogP contribution in [0.3, 0.4) is 0 Å². The molecule has 3 rings (SSSR count). The summed E-state index contributed by atoms with van der Waals surface area (Å²) in [4.78, 5) is 24.0. The van der Waals surface area contributed by atoms with Gasteiger partial charge in [0.15, 0.2) is 0 Å². The van der Waals surface area contributed by atoms with E-state index in [0.717, 1.165) is 18.4 Å². The minimum atomic E-state index is -0.381. The summed E-state index contributed by atoms with van der Waals surface area (Å²) >= 11 is 0. The zero-order valence-electron chi connectivity index (χ0n) is 13.7. The largest absolute Gasteiger partial charge is 0.465 e. The molecular formula is C18H24N2O3. The Kier molecular flexibility index (Phi) is 4.66. The van der Waals surface area contributed by atoms with Crippen molar-refractivity contribution in [2.24, 2.45) is 5.92 Å². The van der Waals surface area contributed by atoms with Crippen molar-refractivity contribution in [2.45, 2.75) is 51.1 Å². The number of ether oxygens (including phenoxy) is 1. The van der Waals surface area contributed by atoms with E-state index in [-0.39, 0.29) is 11.9 Å². The summed E-state index contributed by atoms with van der Waals surface area (Å²) < 4.78 is 4.77. The van der Waals surface area contributed by atoms with Crippen LogP contribution in [-0.2, 0) is 9.53 Å². The Morgan fingerprint density at radius 3 is 2.61 bits per heavy atom. The topological polar surface area (TPSA) is 67.4 Å². The maximum atomic E-state index is 12.3. The molecule has 0 radical (unpaired) electrons. The van der Waals surface area contributed by atoms with E-state index in [9.17, 15) is 9.59 Å². The van der Waals surface area contributed by atoms with Crippen molar-refractivity contribution in [1.29, 1.82) is 0 Å². The molecule has 124 valence electrons. The summed E-state index contributed by atoms with van der Waals surface area (Å²) in [6.45, 7) is 1.85. The number of aryl methyl sites for hydroxylation is 1. The number of amides is 1. The fourth-order valence-electron chi connectivity index (χ4n) is 3.85. The highest BCUT2D eigenvalue weighted by Gasteiger charge is 2.34. The lowest BCUT2D eigenvalue weighted by molar-refractivity contribution is -0.117. The molecule has 0 aliphatic carbocycles. The lowest BCUT2D eigenvalue weighted by atomic mass is 9.89. The van der Waals surface area contributed by atoms with E-state index in [0.29, 0.717) is 35.7 Å². The molecule has 2 bridgehead atoms. The van der Waals surface area contributed by atoms with E-state index in [1.54, 1.807) is 6.07 Å². The number of hydrogen-bond acceptors (Lipinski definition) is 4. The third kappa shape index (κ3) is 3.72. The first-order chi connectivity index (χ1) is 11.0. The molecule has 0 spiro atoms. The van der Waals surface area contributed by atoms with Gasteiger partial charge in [0.05, 0.1) is 12.7 Å². The van der Waals surface area contributed by atoms with E-state index >= 15 is 0 Å². The summed E-state index contributed by atoms with van der Waals surface area (Å²) in [5, 5.41) is 6.51. The average Bonchev–Trinajstić information content (AvgIpc) is 2.87. The summed E-state index contributed by atoms with van der Waals surface area (Å²) in [7, 11) is 1.36. The number of piperidine rings is 1. The van der Waals surface area contributed by atoms with Crippen LogP contribution >= 0.6 is 0 Å². The Bertz CT molecular complexity index is 602. The number of esters is 1. The highest BCUT2D eigenvalue weighted by atomic mass is 16.5. The number of nitrogens with one attached hydrogen (secondary N) is 2. The molecule has 1 aromatic rings. The normalized spacial score (nSPS) is 25.9. The van der Waals surface area contributed by atoms with E-state index in [1.165, 1.54) is 20.0 Å². The van der Waals surface area contributed by atoms with Crippen molar-refractivity contribution >= 4 is 17.6 Å². The fraction of sp³-hybridized carbons (Fsp3) is 0.556. The first kappa shape index (κ1) is 16.0. The van der Waals surface area contributed by atoms with Crippen molar-refractivity contribution < 1.29 is 14.3 Å². The van der Waals surface area contributed by atoms with Gasteiger partial charge in [0.25, 0.3) is 0 Å². The fourth-order valence-corrected chi connectivity index (χ4v) is 3.85. The second-order valence-corrected chi connectivity index (χ2v) is 6.75. The van der Waals surface area contributed by atoms with Crippen LogP contribution in [0.1, 0.15) is 48.0 Å². The van der Waals surface area contributed by atoms with Crippen molar-refractivity contribution in [2.75, 3.05) is 12.4 Å². The van der Waals surface area contributed by atoms with E-state index in [4.69, 9.17) is 4.74 Å². The van der Waals surface area contributed by atoms with E-state index in [1.807, 2.05) is 19.1 Å². The second-order valence-electron chi connectivity index (χ2n) is 6.75. The van der Waals surface area contributed by atoms with Crippen LogP contribution in [0.5, 0.6) is 0 Å². The van der Waals surface area contributed by atoms with Gasteiger partial charge in [-0.1, -0.05) is 6.07 Å². The Labute approximate surface area is 136 Å². The standard InChI is InChI=1S/C18H24N2O3/c1-11-3-4-15(10-16(11)18(22)23-2)20-17(21)9-12-7-13-5-6-14(8-12)19-13/h3-4,10,12-14,19H,5-9H2,1-2H3,(H,20,21). The van der Waals surface area contributed by atoms with Gasteiger partial charge in [-0.2, -0.15) is 0 Å². The summed E-state index contributed by atoms with van der Waals surface area (Å²) in [5.74, 6) is 0.101. The van der Waals surface area contributed by atoms with Crippen LogP contribution in [0.15, 0.2) is 18.2 Å². The van der Waals surface area contributed by atoms with Crippen molar-refractivity contribution in [1.82, 2.24) is 5.32 Å². The number of benzene rings is 1. The van der Waals surface area contributed by atoms with Crippen molar-refractivity contribution in [3.05, 3.63) is 29.3 Å². The predicted molar refractivity (Wildman–Crippen MR) is 88.4 cm³/mol. The van der Waals surface area contributed by atoms with Gasteiger partial charge in [-0.3, -0.25) is 4.79 Å². The summed E-state index contributed by atoms with van der Waals surface area (Å²) in [6, 6.07) is 6.53. The number of anilines is 1. The van der Waals surface area contributed by atoms with Crippen molar-refractivity contribution in [3.8, 4) is 0 Å². The van der Waals surface area contributed by atoms with Gasteiger partial charge in [0.1, 0.15) is 0 Å². The first-order valence-electron chi connectivity index (χ1n) is 8.30. The lowest BCUT2D eigenvalue weighted by Crippen LogP contribution is -2.39. The quantitative estimate of drug-likeness (QED) is 0.838. The van der Waals surface area contributed by atoms with Crippen LogP contribution in [0, 0.1) is 12.8 Å². The molecule has 2 saturated heterocycles. The molecule has 0 aromatic heterocycles. The summed E-state index contributed by atoms with van der Waals surface area (Å²) in [6.07, 6.45) is 5.21. The molecule has 2 fully saturated rings. The molecule has 2 aliphatic rings. The molecule has 2 atom stereocenters. The molecule has 2 unspecified atom stereocenters. The Balaban J connectivity index is 1.60. The van der Waals surface area contributed by atoms with Gasteiger partial charge in [-0.15, -0.1) is 0 Å². The SMILES string of the molecule is COC(=O)c1cc(NC(=O)CC2CC3CCC(C2)N3)ccc1C. The predicted octanol–water partition coefficient (Wildman–Crippen LogP) is 2.64. The number of carbonyl (C=O) groups is 2. The van der Waals surface area contributed by atoms with E-state index in [2.05, 4.69) is 10.6 Å². The zero-order valence-corrected chi connectivity index (χ0v) is 13.7. The molecule has 23 heavy (non-hydrogen) atoms. The maximum Gasteiger partial charge on any atom is 0.338 e. The van der Waals surface area contributed by atoms with Crippen LogP contribution in [0.4, 0.5) is 5.69 Å². The minimum Gasteiger partial charge on any atom is -0.465 e. The van der Waals surface area contributed by atoms with Gasteiger partial charge in [-0.25, -0.2) is 4.79 Å². The molecule has 2 heterocycles. The monoisotopic (exact) mass is 316 g/mol. The minimum absolute atomic E-state index is 0.0240. The zero-order chi connectivity index (χ0) is 16.4. The smallest absolute Gasteiger partial charge is 0.338 e. The number of rotatable bonds is 4. The Morgan fingerprint density at radius 1 is 1.26 bits per heavy atom. The lowest BCUT2D eigenvalue weighted by Gasteiger charge is -2.28. The molecule has 2 aliphatic heterocycles. The van der Waals surface area contributed by atoms with Crippen LogP contribution < -0.4 is 10.6 Å². The van der Waals surface area contributed by atoms with Gasteiger partial charge in [0.2, 0.25) is 5.91 Å². The van der Waals surface area contributed by atoms with Crippen molar-refractivity contribution in [3.63, 3.8) is 0 Å². The summed E-state index contributed by atoms with van der Waals surface area (Å²) in [5.41, 5.74) is 1.98. The van der Waals surface area contributed by atoms with Crippen LogP contribution in [0.25, 0.3) is 0 Å². The Hall–Kier alpha value is -1.88. The van der Waals surface area contributed by atoms with Crippen LogP contribution in [0.2, 0.25) is 0 Å². The Morgan fingerprint density at radius 2 is 1.96 bits per heavy atom. The third-order valence-electron chi connectivity index (χ3n) is 4.97. The first-order valence-corrected chi connectivity index (χ1v) is 8.30. The second kappa shape index (κ2) is 6.71. The molecule has 1 amide bonds. The average molecular weight is 316 g/mol. The number of fused-ring (bicyclic) bond motifs is 2. The molecule has 5 heteroatoms. The van der Waals surface area contributed by atoms with Gasteiger partial charge >= 0.3 is 5.97 Å². The van der Waals surface area contributed by atoms with Gasteiger partial charge in [0, 0.05) is 24.2 Å². The molecule has 5 nitrogen and oxygen atoms in total.